The quantitative estimate of drug-likeness (QED) is 0.425. The van der Waals surface area contributed by atoms with Gasteiger partial charge in [0.25, 0.3) is 11.8 Å². The number of carbonyl (C=O) groups is 3. The van der Waals surface area contributed by atoms with Gasteiger partial charge in [0.2, 0.25) is 0 Å². The fourth-order valence-corrected chi connectivity index (χ4v) is 3.53. The smallest absolute Gasteiger partial charge is 0.316 e. The molecule has 0 saturated heterocycles. The van der Waals surface area contributed by atoms with Crippen LogP contribution in [0.5, 0.6) is 0 Å². The first kappa shape index (κ1) is 21.4. The molecule has 2 N–H and O–H groups in total. The lowest BCUT2D eigenvalue weighted by Gasteiger charge is -2.08. The Morgan fingerprint density at radius 3 is 2.53 bits per heavy atom. The predicted molar refractivity (Wildman–Crippen MR) is 119 cm³/mol. The Hall–Kier alpha value is -3.32. The van der Waals surface area contributed by atoms with E-state index in [0.717, 1.165) is 15.7 Å². The summed E-state index contributed by atoms with van der Waals surface area (Å²) in [5.74, 6) is -1.05. The van der Waals surface area contributed by atoms with Gasteiger partial charge in [0.1, 0.15) is 0 Å². The van der Waals surface area contributed by atoms with E-state index in [2.05, 4.69) is 10.6 Å². The van der Waals surface area contributed by atoms with Gasteiger partial charge in [-0.15, -0.1) is 11.8 Å². The van der Waals surface area contributed by atoms with E-state index in [1.165, 1.54) is 11.8 Å². The van der Waals surface area contributed by atoms with Crippen LogP contribution < -0.4 is 10.6 Å². The number of nitrogens with one attached hydrogen (secondary N) is 2. The zero-order valence-electron chi connectivity index (χ0n) is 16.5. The molecular weight excluding hydrogens is 400 g/mol. The highest BCUT2D eigenvalue weighted by Crippen LogP contribution is 2.23. The standard InChI is InChI=1S/C23H22N2O4S/c1-2-24-23(28)18-8-5-9-19(12-18)25-21(26)14-29-22(27)15-30-20-11-10-16-6-3-4-7-17(16)13-20/h3-13H,2,14-15H2,1H3,(H,24,28)(H,25,26). The molecule has 0 aromatic heterocycles. The highest BCUT2D eigenvalue weighted by Gasteiger charge is 2.10. The van der Waals surface area contributed by atoms with Gasteiger partial charge < -0.3 is 15.4 Å². The van der Waals surface area contributed by atoms with Crippen LogP contribution in [0.1, 0.15) is 17.3 Å². The van der Waals surface area contributed by atoms with E-state index in [-0.39, 0.29) is 18.3 Å². The minimum absolute atomic E-state index is 0.109. The first-order valence-corrected chi connectivity index (χ1v) is 10.5. The molecule has 0 atom stereocenters. The van der Waals surface area contributed by atoms with Gasteiger partial charge in [-0.25, -0.2) is 0 Å². The van der Waals surface area contributed by atoms with Crippen molar-refractivity contribution in [2.24, 2.45) is 0 Å². The molecule has 30 heavy (non-hydrogen) atoms. The lowest BCUT2D eigenvalue weighted by Crippen LogP contribution is -2.24. The Balaban J connectivity index is 1.45. The zero-order valence-corrected chi connectivity index (χ0v) is 17.3. The van der Waals surface area contributed by atoms with E-state index >= 15 is 0 Å². The normalized spacial score (nSPS) is 10.4. The van der Waals surface area contributed by atoms with Gasteiger partial charge in [0.15, 0.2) is 6.61 Å². The molecule has 154 valence electrons. The summed E-state index contributed by atoms with van der Waals surface area (Å²) in [6.07, 6.45) is 0. The van der Waals surface area contributed by atoms with Crippen molar-refractivity contribution in [1.82, 2.24) is 5.32 Å². The van der Waals surface area contributed by atoms with E-state index in [9.17, 15) is 14.4 Å². The summed E-state index contributed by atoms with van der Waals surface area (Å²) in [5, 5.41) is 7.56. The second kappa shape index (κ2) is 10.5. The number of fused-ring (bicyclic) bond motifs is 1. The maximum atomic E-state index is 12.0. The molecule has 0 bridgehead atoms. The van der Waals surface area contributed by atoms with Crippen molar-refractivity contribution in [2.45, 2.75) is 11.8 Å². The maximum Gasteiger partial charge on any atom is 0.316 e. The maximum absolute atomic E-state index is 12.0. The van der Waals surface area contributed by atoms with E-state index < -0.39 is 11.9 Å². The number of benzene rings is 3. The fraction of sp³-hybridized carbons (Fsp3) is 0.174. The molecule has 0 aliphatic carbocycles. The predicted octanol–water partition coefficient (Wildman–Crippen LogP) is 3.86. The number of anilines is 1. The Bertz CT molecular complexity index is 1070. The molecule has 6 nitrogen and oxygen atoms in total. The average molecular weight is 423 g/mol. The third-order valence-corrected chi connectivity index (χ3v) is 5.16. The largest absolute Gasteiger partial charge is 0.455 e. The molecule has 0 unspecified atom stereocenters. The van der Waals surface area contributed by atoms with E-state index in [1.54, 1.807) is 24.3 Å². The molecule has 0 saturated carbocycles. The SMILES string of the molecule is CCNC(=O)c1cccc(NC(=O)COC(=O)CSc2ccc3ccccc3c2)c1. The Morgan fingerprint density at radius 1 is 0.933 bits per heavy atom. The third kappa shape index (κ3) is 6.09. The van der Waals surface area contributed by atoms with Gasteiger partial charge in [0.05, 0.1) is 5.75 Å². The van der Waals surface area contributed by atoms with Crippen LogP contribution >= 0.6 is 11.8 Å². The summed E-state index contributed by atoms with van der Waals surface area (Å²) < 4.78 is 5.05. The third-order valence-electron chi connectivity index (χ3n) is 4.19. The molecule has 2 amide bonds. The highest BCUT2D eigenvalue weighted by molar-refractivity contribution is 8.00. The van der Waals surface area contributed by atoms with Gasteiger partial charge in [0, 0.05) is 22.7 Å². The Labute approximate surface area is 179 Å². The average Bonchev–Trinajstić information content (AvgIpc) is 2.76. The summed E-state index contributed by atoms with van der Waals surface area (Å²) in [5.41, 5.74) is 0.906. The highest BCUT2D eigenvalue weighted by atomic mass is 32.2. The van der Waals surface area contributed by atoms with E-state index in [1.807, 2.05) is 49.4 Å². The summed E-state index contributed by atoms with van der Waals surface area (Å²) in [4.78, 5) is 36.8. The van der Waals surface area contributed by atoms with Crippen LogP contribution in [0, 0.1) is 0 Å². The fourth-order valence-electron chi connectivity index (χ4n) is 2.79. The lowest BCUT2D eigenvalue weighted by molar-refractivity contribution is -0.144. The summed E-state index contributed by atoms with van der Waals surface area (Å²) in [7, 11) is 0. The van der Waals surface area contributed by atoms with Crippen molar-refractivity contribution in [3.63, 3.8) is 0 Å². The van der Waals surface area contributed by atoms with Gasteiger partial charge in [-0.2, -0.15) is 0 Å². The number of thioether (sulfide) groups is 1. The number of rotatable bonds is 8. The van der Waals surface area contributed by atoms with Crippen LogP contribution in [0.4, 0.5) is 5.69 Å². The van der Waals surface area contributed by atoms with Crippen molar-refractivity contribution in [1.29, 1.82) is 0 Å². The van der Waals surface area contributed by atoms with Gasteiger partial charge in [-0.3, -0.25) is 14.4 Å². The number of esters is 1. The number of carbonyl (C=O) groups excluding carboxylic acids is 3. The molecule has 3 rings (SSSR count). The molecule has 0 fully saturated rings. The lowest BCUT2D eigenvalue weighted by atomic mass is 10.1. The van der Waals surface area contributed by atoms with Crippen LogP contribution in [-0.4, -0.2) is 36.7 Å². The minimum atomic E-state index is -0.473. The van der Waals surface area contributed by atoms with Crippen LogP contribution in [0.15, 0.2) is 71.6 Å². The first-order chi connectivity index (χ1) is 14.5. The second-order valence-corrected chi connectivity index (χ2v) is 7.50. The van der Waals surface area contributed by atoms with Gasteiger partial charge in [-0.1, -0.05) is 36.4 Å². The van der Waals surface area contributed by atoms with Crippen molar-refractivity contribution < 1.29 is 19.1 Å². The first-order valence-electron chi connectivity index (χ1n) is 9.50. The van der Waals surface area contributed by atoms with Crippen molar-refractivity contribution in [3.05, 3.63) is 72.3 Å². The molecule has 0 aliphatic heterocycles. The van der Waals surface area contributed by atoms with Gasteiger partial charge >= 0.3 is 5.97 Å². The van der Waals surface area contributed by atoms with Crippen molar-refractivity contribution in [2.75, 3.05) is 24.2 Å². The Morgan fingerprint density at radius 2 is 1.73 bits per heavy atom. The van der Waals surface area contributed by atoms with Crippen molar-refractivity contribution in [3.8, 4) is 0 Å². The van der Waals surface area contributed by atoms with E-state index in [4.69, 9.17) is 4.74 Å². The van der Waals surface area contributed by atoms with Crippen LogP contribution in [0.2, 0.25) is 0 Å². The van der Waals surface area contributed by atoms with Crippen molar-refractivity contribution >= 4 is 46.0 Å². The monoisotopic (exact) mass is 422 g/mol. The molecule has 0 spiro atoms. The number of hydrogen-bond acceptors (Lipinski definition) is 5. The van der Waals surface area contributed by atoms with Crippen LogP contribution in [-0.2, 0) is 14.3 Å². The van der Waals surface area contributed by atoms with Crippen LogP contribution in [0.25, 0.3) is 10.8 Å². The number of hydrogen-bond donors (Lipinski definition) is 2. The minimum Gasteiger partial charge on any atom is -0.455 e. The molecule has 3 aromatic rings. The molecule has 0 radical (unpaired) electrons. The Kier molecular flexibility index (Phi) is 7.45. The zero-order chi connectivity index (χ0) is 21.3. The topological polar surface area (TPSA) is 84.5 Å². The summed E-state index contributed by atoms with van der Waals surface area (Å²) >= 11 is 1.36. The molecule has 7 heteroatoms. The molecule has 0 heterocycles. The molecular formula is C23H22N2O4S. The van der Waals surface area contributed by atoms with Crippen LogP contribution in [0.3, 0.4) is 0 Å². The van der Waals surface area contributed by atoms with Gasteiger partial charge in [-0.05, 0) is 48.0 Å². The summed E-state index contributed by atoms with van der Waals surface area (Å²) in [6, 6.07) is 20.5. The molecule has 3 aromatic carbocycles. The second-order valence-electron chi connectivity index (χ2n) is 6.45. The number of ether oxygens (including phenoxy) is 1. The summed E-state index contributed by atoms with van der Waals surface area (Å²) in [6.45, 7) is 1.96. The number of amides is 2. The molecule has 0 aliphatic rings. The van der Waals surface area contributed by atoms with E-state index in [0.29, 0.717) is 17.8 Å².